The molecular formula is C19H19N3O6S. The number of hydrogen-bond acceptors (Lipinski definition) is 9. The van der Waals surface area contributed by atoms with Gasteiger partial charge >= 0.3 is 5.97 Å². The van der Waals surface area contributed by atoms with E-state index in [2.05, 4.69) is 15.5 Å². The van der Waals surface area contributed by atoms with Gasteiger partial charge in [-0.2, -0.15) is 0 Å². The second kappa shape index (κ2) is 9.20. The van der Waals surface area contributed by atoms with Gasteiger partial charge in [0, 0.05) is 11.6 Å². The molecule has 1 N–H and O–H groups in total. The molecule has 0 unspecified atom stereocenters. The molecule has 0 saturated carbocycles. The molecule has 1 aromatic carbocycles. The number of hydrogen-bond donors (Lipinski definition) is 1. The number of aromatic nitrogens is 2. The second-order valence-electron chi connectivity index (χ2n) is 5.84. The Bertz CT molecular complexity index is 964. The molecule has 0 fully saturated rings. The van der Waals surface area contributed by atoms with Crippen molar-refractivity contribution in [2.45, 2.75) is 13.0 Å². The third kappa shape index (κ3) is 5.11. The molecule has 2 aromatic heterocycles. The fraction of sp³-hybridized carbons (Fsp3) is 0.263. The van der Waals surface area contributed by atoms with Crippen LogP contribution in [-0.4, -0.2) is 42.8 Å². The van der Waals surface area contributed by atoms with Crippen LogP contribution >= 0.6 is 11.3 Å². The Balaban J connectivity index is 1.55. The van der Waals surface area contributed by atoms with E-state index in [0.717, 1.165) is 4.88 Å². The Hall–Kier alpha value is -3.40. The normalized spacial score (nSPS) is 11.6. The highest BCUT2D eigenvalue weighted by Crippen LogP contribution is 2.26. The summed E-state index contributed by atoms with van der Waals surface area (Å²) in [5.41, 5.74) is 0.291. The predicted octanol–water partition coefficient (Wildman–Crippen LogP) is 2.85. The summed E-state index contributed by atoms with van der Waals surface area (Å²) in [4.78, 5) is 25.2. The summed E-state index contributed by atoms with van der Waals surface area (Å²) < 4.78 is 21.0. The first kappa shape index (κ1) is 20.3. The van der Waals surface area contributed by atoms with Crippen LogP contribution in [0.5, 0.6) is 11.5 Å². The van der Waals surface area contributed by atoms with Crippen LogP contribution in [-0.2, 0) is 9.53 Å². The highest BCUT2D eigenvalue weighted by molar-refractivity contribution is 7.13. The molecule has 3 rings (SSSR count). The molecule has 0 bridgehead atoms. The number of nitrogens with one attached hydrogen (secondary N) is 1. The van der Waals surface area contributed by atoms with Gasteiger partial charge in [0.25, 0.3) is 17.7 Å². The standard InChI is InChI=1S/C19H19N3O6S/c1-11(18-21-22-19(28-18)15-5-4-6-29-15)27-16(23)10-20-17(24)12-7-13(25-2)9-14(8-12)26-3/h4-9,11H,10H2,1-3H3,(H,20,24)/t11-/m1/s1. The van der Waals surface area contributed by atoms with Crippen LogP contribution in [0.4, 0.5) is 0 Å². The number of esters is 1. The summed E-state index contributed by atoms with van der Waals surface area (Å²) in [7, 11) is 2.97. The maximum absolute atomic E-state index is 12.3. The lowest BCUT2D eigenvalue weighted by molar-refractivity contribution is -0.148. The molecule has 2 heterocycles. The molecule has 0 aliphatic rings. The van der Waals surface area contributed by atoms with E-state index in [1.54, 1.807) is 13.0 Å². The van der Waals surface area contributed by atoms with Gasteiger partial charge in [0.05, 0.1) is 19.1 Å². The zero-order valence-electron chi connectivity index (χ0n) is 16.0. The topological polar surface area (TPSA) is 113 Å². The number of rotatable bonds is 8. The average molecular weight is 417 g/mol. The number of carbonyl (C=O) groups excluding carboxylic acids is 2. The summed E-state index contributed by atoms with van der Waals surface area (Å²) in [6.07, 6.45) is -0.752. The lowest BCUT2D eigenvalue weighted by Gasteiger charge is -2.11. The zero-order chi connectivity index (χ0) is 20.8. The van der Waals surface area contributed by atoms with Crippen molar-refractivity contribution in [3.8, 4) is 22.3 Å². The van der Waals surface area contributed by atoms with E-state index in [4.69, 9.17) is 18.6 Å². The average Bonchev–Trinajstić information content (AvgIpc) is 3.43. The molecule has 0 aliphatic carbocycles. The SMILES string of the molecule is COc1cc(OC)cc(C(=O)NCC(=O)O[C@H](C)c2nnc(-c3cccs3)o2)c1. The third-order valence-electron chi connectivity index (χ3n) is 3.84. The van der Waals surface area contributed by atoms with Crippen LogP contribution in [0, 0.1) is 0 Å². The van der Waals surface area contributed by atoms with E-state index in [1.807, 2.05) is 17.5 Å². The van der Waals surface area contributed by atoms with Gasteiger partial charge in [-0.15, -0.1) is 21.5 Å². The molecule has 152 valence electrons. The van der Waals surface area contributed by atoms with Crippen molar-refractivity contribution < 1.29 is 28.2 Å². The van der Waals surface area contributed by atoms with Crippen molar-refractivity contribution in [1.82, 2.24) is 15.5 Å². The highest BCUT2D eigenvalue weighted by Gasteiger charge is 2.20. The van der Waals surface area contributed by atoms with Crippen molar-refractivity contribution in [2.24, 2.45) is 0 Å². The zero-order valence-corrected chi connectivity index (χ0v) is 16.8. The first-order valence-corrected chi connectivity index (χ1v) is 9.46. The highest BCUT2D eigenvalue weighted by atomic mass is 32.1. The molecule has 0 aliphatic heterocycles. The Morgan fingerprint density at radius 1 is 1.17 bits per heavy atom. The lowest BCUT2D eigenvalue weighted by atomic mass is 10.2. The smallest absolute Gasteiger partial charge is 0.326 e. The minimum atomic E-state index is -0.752. The Morgan fingerprint density at radius 3 is 2.52 bits per heavy atom. The van der Waals surface area contributed by atoms with Crippen molar-refractivity contribution in [3.05, 3.63) is 47.2 Å². The van der Waals surface area contributed by atoms with E-state index >= 15 is 0 Å². The first-order valence-electron chi connectivity index (χ1n) is 8.58. The molecule has 1 amide bonds. The minimum Gasteiger partial charge on any atom is -0.497 e. The van der Waals surface area contributed by atoms with Crippen molar-refractivity contribution in [3.63, 3.8) is 0 Å². The van der Waals surface area contributed by atoms with Crippen LogP contribution in [0.1, 0.15) is 29.3 Å². The number of benzene rings is 1. The molecule has 10 heteroatoms. The fourth-order valence-corrected chi connectivity index (χ4v) is 3.03. The van der Waals surface area contributed by atoms with Crippen LogP contribution in [0.25, 0.3) is 10.8 Å². The summed E-state index contributed by atoms with van der Waals surface area (Å²) in [6.45, 7) is 1.28. The van der Waals surface area contributed by atoms with Gasteiger partial charge in [-0.3, -0.25) is 9.59 Å². The molecule has 29 heavy (non-hydrogen) atoms. The number of amides is 1. The fourth-order valence-electron chi connectivity index (χ4n) is 2.38. The van der Waals surface area contributed by atoms with E-state index in [0.29, 0.717) is 23.0 Å². The Morgan fingerprint density at radius 2 is 1.90 bits per heavy atom. The largest absolute Gasteiger partial charge is 0.497 e. The predicted molar refractivity (Wildman–Crippen MR) is 104 cm³/mol. The van der Waals surface area contributed by atoms with Crippen LogP contribution in [0.2, 0.25) is 0 Å². The summed E-state index contributed by atoms with van der Waals surface area (Å²) in [5, 5.41) is 12.2. The maximum Gasteiger partial charge on any atom is 0.326 e. The number of nitrogens with zero attached hydrogens (tertiary/aromatic N) is 2. The molecule has 9 nitrogen and oxygen atoms in total. The number of methoxy groups -OCH3 is 2. The van der Waals surface area contributed by atoms with E-state index < -0.39 is 18.0 Å². The molecule has 0 saturated heterocycles. The van der Waals surface area contributed by atoms with Crippen LogP contribution in [0.3, 0.4) is 0 Å². The van der Waals surface area contributed by atoms with Gasteiger partial charge in [0.15, 0.2) is 6.10 Å². The van der Waals surface area contributed by atoms with Crippen LogP contribution in [0.15, 0.2) is 40.1 Å². The summed E-state index contributed by atoms with van der Waals surface area (Å²) >= 11 is 1.46. The van der Waals surface area contributed by atoms with Gasteiger partial charge in [-0.05, 0) is 30.5 Å². The number of thiophene rings is 1. The quantitative estimate of drug-likeness (QED) is 0.557. The monoisotopic (exact) mass is 417 g/mol. The molecule has 0 spiro atoms. The molecule has 0 radical (unpaired) electrons. The minimum absolute atomic E-state index is 0.172. The van der Waals surface area contributed by atoms with Crippen molar-refractivity contribution >= 4 is 23.2 Å². The Labute approximate surface area is 170 Å². The molecule has 3 aromatic rings. The van der Waals surface area contributed by atoms with E-state index in [9.17, 15) is 9.59 Å². The number of carbonyl (C=O) groups is 2. The second-order valence-corrected chi connectivity index (χ2v) is 6.79. The van der Waals surface area contributed by atoms with Gasteiger partial charge in [-0.25, -0.2) is 0 Å². The van der Waals surface area contributed by atoms with Crippen LogP contribution < -0.4 is 14.8 Å². The number of ether oxygens (including phenoxy) is 3. The first-order chi connectivity index (χ1) is 14.0. The van der Waals surface area contributed by atoms with Gasteiger partial charge in [-0.1, -0.05) is 6.07 Å². The third-order valence-corrected chi connectivity index (χ3v) is 4.69. The summed E-state index contributed by atoms with van der Waals surface area (Å²) in [5.74, 6) is 0.345. The van der Waals surface area contributed by atoms with E-state index in [-0.39, 0.29) is 12.4 Å². The summed E-state index contributed by atoms with van der Waals surface area (Å²) in [6, 6.07) is 8.43. The van der Waals surface area contributed by atoms with Crippen molar-refractivity contribution in [2.75, 3.05) is 20.8 Å². The maximum atomic E-state index is 12.3. The van der Waals surface area contributed by atoms with Gasteiger partial charge in [0.2, 0.25) is 0 Å². The van der Waals surface area contributed by atoms with Gasteiger partial charge < -0.3 is 23.9 Å². The van der Waals surface area contributed by atoms with Crippen molar-refractivity contribution in [1.29, 1.82) is 0 Å². The molecular weight excluding hydrogens is 398 g/mol. The molecule has 1 atom stereocenters. The Kier molecular flexibility index (Phi) is 6.45. The van der Waals surface area contributed by atoms with E-state index in [1.165, 1.54) is 37.7 Å². The van der Waals surface area contributed by atoms with Gasteiger partial charge in [0.1, 0.15) is 18.0 Å². The lowest BCUT2D eigenvalue weighted by Crippen LogP contribution is -2.31.